The lowest BCUT2D eigenvalue weighted by atomic mass is 9.89. The van der Waals surface area contributed by atoms with Crippen molar-refractivity contribution in [3.05, 3.63) is 23.5 Å². The van der Waals surface area contributed by atoms with Gasteiger partial charge in [0.05, 0.1) is 0 Å². The maximum atomic E-state index is 14.1. The van der Waals surface area contributed by atoms with Crippen molar-refractivity contribution in [2.75, 3.05) is 26.3 Å². The van der Waals surface area contributed by atoms with Crippen LogP contribution in [0.2, 0.25) is 0 Å². The van der Waals surface area contributed by atoms with Crippen LogP contribution in [0.25, 0.3) is 0 Å². The summed E-state index contributed by atoms with van der Waals surface area (Å²) in [5, 5.41) is 0. The first-order valence-electron chi connectivity index (χ1n) is 6.64. The van der Waals surface area contributed by atoms with E-state index in [0.717, 1.165) is 6.42 Å². The van der Waals surface area contributed by atoms with E-state index in [1.54, 1.807) is 6.07 Å². The van der Waals surface area contributed by atoms with Crippen molar-refractivity contribution in [2.45, 2.75) is 19.3 Å². The Morgan fingerprint density at radius 3 is 2.32 bits per heavy atom. The lowest BCUT2D eigenvalue weighted by Gasteiger charge is -2.23. The minimum absolute atomic E-state index is 0.0490. The monoisotopic (exact) mass is 268 g/mol. The maximum absolute atomic E-state index is 14.1. The van der Waals surface area contributed by atoms with Gasteiger partial charge in [-0.3, -0.25) is 0 Å². The normalized spacial score (nSPS) is 15.6. The molecule has 1 aromatic carbocycles. The summed E-state index contributed by atoms with van der Waals surface area (Å²) >= 11 is 0. The molecule has 0 saturated carbocycles. The van der Waals surface area contributed by atoms with E-state index >= 15 is 0 Å². The lowest BCUT2D eigenvalue weighted by Crippen LogP contribution is -2.25. The smallest absolute Gasteiger partial charge is 0.164 e. The Morgan fingerprint density at radius 2 is 1.74 bits per heavy atom. The van der Waals surface area contributed by atoms with Gasteiger partial charge in [0.2, 0.25) is 0 Å². The number of benzene rings is 1. The van der Waals surface area contributed by atoms with Crippen molar-refractivity contribution >= 4 is 0 Å². The van der Waals surface area contributed by atoms with Crippen LogP contribution in [0.5, 0.6) is 11.5 Å². The van der Waals surface area contributed by atoms with Gasteiger partial charge in [-0.1, -0.05) is 6.92 Å². The maximum Gasteiger partial charge on any atom is 0.164 e. The van der Waals surface area contributed by atoms with Gasteiger partial charge in [0.15, 0.2) is 11.5 Å². The van der Waals surface area contributed by atoms with Crippen LogP contribution >= 0.6 is 0 Å². The largest absolute Gasteiger partial charge is 0.486 e. The Balaban J connectivity index is 2.19. The van der Waals surface area contributed by atoms with E-state index in [9.17, 15) is 4.39 Å². The predicted molar refractivity (Wildman–Crippen MR) is 72.0 cm³/mol. The van der Waals surface area contributed by atoms with E-state index in [-0.39, 0.29) is 17.7 Å². The van der Waals surface area contributed by atoms with Crippen LogP contribution in [0.3, 0.4) is 0 Å². The molecule has 1 heterocycles. The van der Waals surface area contributed by atoms with Crippen LogP contribution in [-0.2, 0) is 0 Å². The quantitative estimate of drug-likeness (QED) is 0.851. The molecule has 1 aliphatic rings. The molecule has 0 spiro atoms. The third kappa shape index (κ3) is 3.16. The number of hydrogen-bond donors (Lipinski definition) is 2. The standard InChI is InChI=1S/C14H21FN2O2/c1-9(4-10(7-16)8-17)11-5-13-14(6-12(11)15)19-3-2-18-13/h5-6,9-10H,2-4,7-8,16-17H2,1H3. The van der Waals surface area contributed by atoms with Gasteiger partial charge in [-0.05, 0) is 43.0 Å². The minimum Gasteiger partial charge on any atom is -0.486 e. The number of halogens is 1. The van der Waals surface area contributed by atoms with E-state index in [4.69, 9.17) is 20.9 Å². The van der Waals surface area contributed by atoms with E-state index < -0.39 is 0 Å². The average molecular weight is 268 g/mol. The first-order valence-corrected chi connectivity index (χ1v) is 6.64. The van der Waals surface area contributed by atoms with Gasteiger partial charge in [-0.25, -0.2) is 4.39 Å². The molecule has 1 aromatic rings. The molecule has 2 rings (SSSR count). The highest BCUT2D eigenvalue weighted by molar-refractivity contribution is 5.45. The fourth-order valence-electron chi connectivity index (χ4n) is 2.37. The van der Waals surface area contributed by atoms with Crippen molar-refractivity contribution in [1.82, 2.24) is 0 Å². The van der Waals surface area contributed by atoms with Gasteiger partial charge in [-0.2, -0.15) is 0 Å². The summed E-state index contributed by atoms with van der Waals surface area (Å²) in [4.78, 5) is 0. The summed E-state index contributed by atoms with van der Waals surface area (Å²) in [6.07, 6.45) is 0.767. The van der Waals surface area contributed by atoms with Crippen LogP contribution in [0.15, 0.2) is 12.1 Å². The van der Waals surface area contributed by atoms with E-state index in [0.29, 0.717) is 43.4 Å². The number of fused-ring (bicyclic) bond motifs is 1. The van der Waals surface area contributed by atoms with E-state index in [1.807, 2.05) is 6.92 Å². The van der Waals surface area contributed by atoms with Gasteiger partial charge < -0.3 is 20.9 Å². The summed E-state index contributed by atoms with van der Waals surface area (Å²) in [6, 6.07) is 3.14. The molecule has 0 aromatic heterocycles. The zero-order valence-electron chi connectivity index (χ0n) is 11.2. The van der Waals surface area contributed by atoms with Gasteiger partial charge in [0.25, 0.3) is 0 Å². The first kappa shape index (κ1) is 14.1. The van der Waals surface area contributed by atoms with Crippen molar-refractivity contribution in [3.8, 4) is 11.5 Å². The molecule has 4 N–H and O–H groups in total. The molecule has 1 unspecified atom stereocenters. The van der Waals surface area contributed by atoms with Gasteiger partial charge >= 0.3 is 0 Å². The molecule has 106 valence electrons. The Morgan fingerprint density at radius 1 is 1.16 bits per heavy atom. The lowest BCUT2D eigenvalue weighted by molar-refractivity contribution is 0.170. The molecular formula is C14H21FN2O2. The summed E-state index contributed by atoms with van der Waals surface area (Å²) in [5.74, 6) is 1.10. The van der Waals surface area contributed by atoms with E-state index in [2.05, 4.69) is 0 Å². The molecule has 1 aliphatic heterocycles. The number of rotatable bonds is 5. The van der Waals surface area contributed by atoms with Crippen molar-refractivity contribution in [1.29, 1.82) is 0 Å². The third-order valence-corrected chi connectivity index (χ3v) is 3.55. The second kappa shape index (κ2) is 6.21. The van der Waals surface area contributed by atoms with Crippen LogP contribution in [0, 0.1) is 11.7 Å². The molecule has 0 fully saturated rings. The summed E-state index contributed by atoms with van der Waals surface area (Å²) in [7, 11) is 0. The molecular weight excluding hydrogens is 247 g/mol. The zero-order valence-corrected chi connectivity index (χ0v) is 11.2. The average Bonchev–Trinajstić information content (AvgIpc) is 2.43. The second-order valence-electron chi connectivity index (χ2n) is 4.99. The fraction of sp³-hybridized carbons (Fsp3) is 0.571. The first-order chi connectivity index (χ1) is 9.15. The van der Waals surface area contributed by atoms with Gasteiger partial charge in [0.1, 0.15) is 19.0 Å². The Labute approximate surface area is 112 Å². The SMILES string of the molecule is CC(CC(CN)CN)c1cc2c(cc1F)OCCO2. The fourth-order valence-corrected chi connectivity index (χ4v) is 2.37. The molecule has 5 heteroatoms. The molecule has 4 nitrogen and oxygen atoms in total. The third-order valence-electron chi connectivity index (χ3n) is 3.55. The van der Waals surface area contributed by atoms with Gasteiger partial charge in [-0.15, -0.1) is 0 Å². The summed E-state index contributed by atoms with van der Waals surface area (Å²) in [6.45, 7) is 3.98. The molecule has 0 saturated heterocycles. The van der Waals surface area contributed by atoms with E-state index in [1.165, 1.54) is 6.07 Å². The topological polar surface area (TPSA) is 70.5 Å². The highest BCUT2D eigenvalue weighted by Gasteiger charge is 2.20. The van der Waals surface area contributed by atoms with Crippen LogP contribution in [0.1, 0.15) is 24.8 Å². The summed E-state index contributed by atoms with van der Waals surface area (Å²) in [5.41, 5.74) is 11.9. The summed E-state index contributed by atoms with van der Waals surface area (Å²) < 4.78 is 24.9. The van der Waals surface area contributed by atoms with Crippen molar-refractivity contribution < 1.29 is 13.9 Å². The number of ether oxygens (including phenoxy) is 2. The molecule has 0 aliphatic carbocycles. The van der Waals surface area contributed by atoms with Crippen LogP contribution in [-0.4, -0.2) is 26.3 Å². The van der Waals surface area contributed by atoms with Crippen molar-refractivity contribution in [2.24, 2.45) is 17.4 Å². The predicted octanol–water partition coefficient (Wildman–Crippen LogP) is 1.62. The zero-order chi connectivity index (χ0) is 13.8. The number of hydrogen-bond acceptors (Lipinski definition) is 4. The molecule has 0 amide bonds. The molecule has 19 heavy (non-hydrogen) atoms. The highest BCUT2D eigenvalue weighted by atomic mass is 19.1. The second-order valence-corrected chi connectivity index (χ2v) is 4.99. The Kier molecular flexibility index (Phi) is 4.61. The molecule has 0 bridgehead atoms. The van der Waals surface area contributed by atoms with Crippen LogP contribution in [0.4, 0.5) is 4.39 Å². The Bertz CT molecular complexity index is 436. The molecule has 1 atom stereocenters. The number of nitrogens with two attached hydrogens (primary N) is 2. The van der Waals surface area contributed by atoms with Crippen LogP contribution < -0.4 is 20.9 Å². The minimum atomic E-state index is -0.260. The highest BCUT2D eigenvalue weighted by Crippen LogP contribution is 2.36. The van der Waals surface area contributed by atoms with Gasteiger partial charge in [0, 0.05) is 6.07 Å². The van der Waals surface area contributed by atoms with Crippen molar-refractivity contribution in [3.63, 3.8) is 0 Å². The molecule has 0 radical (unpaired) electrons. The Hall–Kier alpha value is -1.33.